The van der Waals surface area contributed by atoms with Gasteiger partial charge in [-0.05, 0) is 11.6 Å². The number of nitrogens with zero attached hydrogens (tertiary/aromatic N) is 1. The molecule has 0 saturated heterocycles. The standard InChI is InChI=1S/C12H8FN/c13-11-5-6-14-12-9-4-2-1-3-8(9)7-10(11)12/h1-6H,7H2. The first-order chi connectivity index (χ1) is 6.86. The molecule has 1 aliphatic carbocycles. The van der Waals surface area contributed by atoms with Gasteiger partial charge in [0.25, 0.3) is 0 Å². The maximum atomic E-state index is 13.4. The lowest BCUT2D eigenvalue weighted by atomic mass is 10.1. The zero-order valence-electron chi connectivity index (χ0n) is 7.50. The molecule has 2 aromatic rings. The van der Waals surface area contributed by atoms with Gasteiger partial charge in [0, 0.05) is 23.7 Å². The molecule has 0 amide bonds. The molecule has 2 heteroatoms. The summed E-state index contributed by atoms with van der Waals surface area (Å²) in [7, 11) is 0. The van der Waals surface area contributed by atoms with Gasteiger partial charge in [0.1, 0.15) is 5.82 Å². The van der Waals surface area contributed by atoms with Crippen molar-refractivity contribution in [1.29, 1.82) is 0 Å². The quantitative estimate of drug-likeness (QED) is 0.524. The predicted octanol–water partition coefficient (Wildman–Crippen LogP) is 2.79. The van der Waals surface area contributed by atoms with E-state index in [1.165, 1.54) is 17.8 Å². The first-order valence-electron chi connectivity index (χ1n) is 4.58. The monoisotopic (exact) mass is 185 g/mol. The Morgan fingerprint density at radius 3 is 2.93 bits per heavy atom. The summed E-state index contributed by atoms with van der Waals surface area (Å²) >= 11 is 0. The van der Waals surface area contributed by atoms with Crippen LogP contribution in [0, 0.1) is 5.82 Å². The van der Waals surface area contributed by atoms with E-state index in [2.05, 4.69) is 4.98 Å². The van der Waals surface area contributed by atoms with Crippen molar-refractivity contribution in [2.24, 2.45) is 0 Å². The molecule has 3 rings (SSSR count). The Bertz CT molecular complexity index is 505. The highest BCUT2D eigenvalue weighted by Crippen LogP contribution is 2.35. The molecule has 0 atom stereocenters. The van der Waals surface area contributed by atoms with Crippen LogP contribution in [-0.2, 0) is 6.42 Å². The van der Waals surface area contributed by atoms with Crippen LogP contribution in [0.2, 0.25) is 0 Å². The summed E-state index contributed by atoms with van der Waals surface area (Å²) in [4.78, 5) is 4.22. The number of benzene rings is 1. The Labute approximate surface area is 81.2 Å². The normalized spacial score (nSPS) is 12.4. The lowest BCUT2D eigenvalue weighted by Gasteiger charge is -1.98. The average Bonchev–Trinajstić information content (AvgIpc) is 2.59. The SMILES string of the molecule is Fc1ccnc2c1Cc1ccccc1-2. The molecule has 0 saturated carbocycles. The molecule has 14 heavy (non-hydrogen) atoms. The van der Waals surface area contributed by atoms with Gasteiger partial charge in [-0.25, -0.2) is 4.39 Å². The van der Waals surface area contributed by atoms with Crippen LogP contribution < -0.4 is 0 Å². The fourth-order valence-electron chi connectivity index (χ4n) is 1.97. The van der Waals surface area contributed by atoms with Crippen LogP contribution in [0.15, 0.2) is 36.5 Å². The number of pyridine rings is 1. The van der Waals surface area contributed by atoms with Crippen LogP contribution >= 0.6 is 0 Å². The fourth-order valence-corrected chi connectivity index (χ4v) is 1.97. The van der Waals surface area contributed by atoms with Crippen LogP contribution in [0.5, 0.6) is 0 Å². The van der Waals surface area contributed by atoms with Crippen molar-refractivity contribution in [3.05, 3.63) is 53.5 Å². The van der Waals surface area contributed by atoms with Gasteiger partial charge in [0.15, 0.2) is 0 Å². The molecule has 68 valence electrons. The van der Waals surface area contributed by atoms with Crippen molar-refractivity contribution in [3.8, 4) is 11.3 Å². The molecule has 0 radical (unpaired) electrons. The highest BCUT2D eigenvalue weighted by atomic mass is 19.1. The number of halogens is 1. The Morgan fingerprint density at radius 2 is 2.00 bits per heavy atom. The summed E-state index contributed by atoms with van der Waals surface area (Å²) in [6.07, 6.45) is 2.20. The summed E-state index contributed by atoms with van der Waals surface area (Å²) < 4.78 is 13.4. The largest absolute Gasteiger partial charge is 0.256 e. The second-order valence-corrected chi connectivity index (χ2v) is 3.45. The maximum absolute atomic E-state index is 13.4. The van der Waals surface area contributed by atoms with Crippen LogP contribution in [0.3, 0.4) is 0 Å². The van der Waals surface area contributed by atoms with Crippen molar-refractivity contribution < 1.29 is 4.39 Å². The first kappa shape index (κ1) is 7.68. The highest BCUT2D eigenvalue weighted by molar-refractivity contribution is 5.73. The van der Waals surface area contributed by atoms with E-state index in [9.17, 15) is 4.39 Å². The molecule has 1 aromatic heterocycles. The van der Waals surface area contributed by atoms with Crippen molar-refractivity contribution in [3.63, 3.8) is 0 Å². The third kappa shape index (κ3) is 0.909. The third-order valence-electron chi connectivity index (χ3n) is 2.64. The number of fused-ring (bicyclic) bond motifs is 3. The molecule has 1 aliphatic rings. The summed E-state index contributed by atoms with van der Waals surface area (Å²) in [6, 6.07) is 9.37. The first-order valence-corrected chi connectivity index (χ1v) is 4.58. The van der Waals surface area contributed by atoms with E-state index in [1.807, 2.05) is 24.3 Å². The van der Waals surface area contributed by atoms with E-state index in [0.29, 0.717) is 6.42 Å². The van der Waals surface area contributed by atoms with Crippen molar-refractivity contribution in [1.82, 2.24) is 4.98 Å². The molecular weight excluding hydrogens is 177 g/mol. The lowest BCUT2D eigenvalue weighted by Crippen LogP contribution is -1.88. The van der Waals surface area contributed by atoms with E-state index in [0.717, 1.165) is 16.8 Å². The number of hydrogen-bond acceptors (Lipinski definition) is 1. The molecule has 0 spiro atoms. The van der Waals surface area contributed by atoms with Crippen LogP contribution in [-0.4, -0.2) is 4.98 Å². The van der Waals surface area contributed by atoms with Gasteiger partial charge in [-0.1, -0.05) is 24.3 Å². The van der Waals surface area contributed by atoms with Crippen molar-refractivity contribution in [2.75, 3.05) is 0 Å². The molecular formula is C12H8FN. The highest BCUT2D eigenvalue weighted by Gasteiger charge is 2.21. The molecule has 0 aliphatic heterocycles. The summed E-state index contributed by atoms with van der Waals surface area (Å²) in [5.74, 6) is -0.147. The van der Waals surface area contributed by atoms with E-state index in [1.54, 1.807) is 0 Å². The summed E-state index contributed by atoms with van der Waals surface area (Å²) in [5, 5.41) is 0. The Hall–Kier alpha value is -1.70. The van der Waals surface area contributed by atoms with Gasteiger partial charge < -0.3 is 0 Å². The molecule has 0 bridgehead atoms. The second-order valence-electron chi connectivity index (χ2n) is 3.45. The van der Waals surface area contributed by atoms with Gasteiger partial charge in [-0.2, -0.15) is 0 Å². The van der Waals surface area contributed by atoms with Crippen LogP contribution in [0.1, 0.15) is 11.1 Å². The van der Waals surface area contributed by atoms with E-state index in [-0.39, 0.29) is 5.82 Å². The fraction of sp³-hybridized carbons (Fsp3) is 0.0833. The molecule has 0 N–H and O–H groups in total. The summed E-state index contributed by atoms with van der Waals surface area (Å²) in [5.41, 5.74) is 3.77. The minimum atomic E-state index is -0.147. The third-order valence-corrected chi connectivity index (χ3v) is 2.64. The number of aromatic nitrogens is 1. The minimum absolute atomic E-state index is 0.147. The molecule has 1 heterocycles. The zero-order valence-corrected chi connectivity index (χ0v) is 7.50. The van der Waals surface area contributed by atoms with E-state index < -0.39 is 0 Å². The summed E-state index contributed by atoms with van der Waals surface area (Å²) in [6.45, 7) is 0. The lowest BCUT2D eigenvalue weighted by molar-refractivity contribution is 0.614. The zero-order chi connectivity index (χ0) is 9.54. The molecule has 0 unspecified atom stereocenters. The second kappa shape index (κ2) is 2.64. The average molecular weight is 185 g/mol. The predicted molar refractivity (Wildman–Crippen MR) is 52.4 cm³/mol. The number of rotatable bonds is 0. The van der Waals surface area contributed by atoms with Crippen molar-refractivity contribution in [2.45, 2.75) is 6.42 Å². The smallest absolute Gasteiger partial charge is 0.130 e. The minimum Gasteiger partial charge on any atom is -0.256 e. The van der Waals surface area contributed by atoms with E-state index in [4.69, 9.17) is 0 Å². The molecule has 0 fully saturated rings. The van der Waals surface area contributed by atoms with Crippen LogP contribution in [0.4, 0.5) is 4.39 Å². The van der Waals surface area contributed by atoms with Crippen molar-refractivity contribution >= 4 is 0 Å². The molecule has 1 nitrogen and oxygen atoms in total. The Balaban J connectivity index is 2.33. The van der Waals surface area contributed by atoms with Gasteiger partial charge >= 0.3 is 0 Å². The Morgan fingerprint density at radius 1 is 1.14 bits per heavy atom. The van der Waals surface area contributed by atoms with Gasteiger partial charge in [-0.3, -0.25) is 4.98 Å². The van der Waals surface area contributed by atoms with Crippen LogP contribution in [0.25, 0.3) is 11.3 Å². The van der Waals surface area contributed by atoms with E-state index >= 15 is 0 Å². The Kier molecular flexibility index (Phi) is 1.45. The van der Waals surface area contributed by atoms with Gasteiger partial charge in [-0.15, -0.1) is 0 Å². The van der Waals surface area contributed by atoms with Gasteiger partial charge in [0.2, 0.25) is 0 Å². The maximum Gasteiger partial charge on any atom is 0.130 e. The molecule has 1 aromatic carbocycles. The number of hydrogen-bond donors (Lipinski definition) is 0. The van der Waals surface area contributed by atoms with Gasteiger partial charge in [0.05, 0.1) is 5.69 Å². The topological polar surface area (TPSA) is 12.9 Å².